The van der Waals surface area contributed by atoms with Gasteiger partial charge in [0.05, 0.1) is 11.4 Å². The van der Waals surface area contributed by atoms with Gasteiger partial charge in [0.2, 0.25) is 11.8 Å². The number of hydrogen-bond acceptors (Lipinski definition) is 5. The molecule has 3 N–H and O–H groups in total. The maximum absolute atomic E-state index is 12.2. The monoisotopic (exact) mass is 373 g/mol. The predicted molar refractivity (Wildman–Crippen MR) is 104 cm³/mol. The average Bonchev–Trinajstić information content (AvgIpc) is 3.05. The number of carbonyl (C=O) groups is 2. The smallest absolute Gasteiger partial charge is 0.319 e. The zero-order valence-corrected chi connectivity index (χ0v) is 16.2. The number of amides is 3. The van der Waals surface area contributed by atoms with Crippen molar-refractivity contribution < 1.29 is 14.1 Å². The Labute approximate surface area is 159 Å². The molecule has 146 valence electrons. The maximum Gasteiger partial charge on any atom is 0.319 e. The zero-order chi connectivity index (χ0) is 19.8. The first-order chi connectivity index (χ1) is 12.8. The van der Waals surface area contributed by atoms with E-state index in [4.69, 9.17) is 4.52 Å². The van der Waals surface area contributed by atoms with Gasteiger partial charge in [-0.15, -0.1) is 0 Å². The highest BCUT2D eigenvalue weighted by Gasteiger charge is 2.12. The molecule has 0 unspecified atom stereocenters. The van der Waals surface area contributed by atoms with Gasteiger partial charge in [-0.1, -0.05) is 31.1 Å². The van der Waals surface area contributed by atoms with Crippen LogP contribution in [0.2, 0.25) is 0 Å². The van der Waals surface area contributed by atoms with Gasteiger partial charge in [0.25, 0.3) is 0 Å². The van der Waals surface area contributed by atoms with Gasteiger partial charge in [-0.05, 0) is 32.4 Å². The van der Waals surface area contributed by atoms with Crippen molar-refractivity contribution in [3.8, 4) is 0 Å². The summed E-state index contributed by atoms with van der Waals surface area (Å²) in [5.41, 5.74) is 1.10. The lowest BCUT2D eigenvalue weighted by atomic mass is 10.2. The lowest BCUT2D eigenvalue weighted by Crippen LogP contribution is -2.34. The SMILES string of the molecule is CC(C)NC(=O)Nc1ccccc1NC(=O)CCCc1nc(C(C)C)no1. The second-order valence-electron chi connectivity index (χ2n) is 6.90. The van der Waals surface area contributed by atoms with Crippen LogP contribution in [0.15, 0.2) is 28.8 Å². The van der Waals surface area contributed by atoms with Gasteiger partial charge in [-0.2, -0.15) is 4.98 Å². The zero-order valence-electron chi connectivity index (χ0n) is 16.2. The number of anilines is 2. The molecule has 0 saturated carbocycles. The van der Waals surface area contributed by atoms with Gasteiger partial charge in [0, 0.05) is 24.8 Å². The number of hydrogen-bond donors (Lipinski definition) is 3. The van der Waals surface area contributed by atoms with Gasteiger partial charge >= 0.3 is 6.03 Å². The van der Waals surface area contributed by atoms with Gasteiger partial charge in [-0.3, -0.25) is 4.79 Å². The summed E-state index contributed by atoms with van der Waals surface area (Å²) in [7, 11) is 0. The van der Waals surface area contributed by atoms with E-state index in [0.717, 1.165) is 0 Å². The third-order valence-electron chi connectivity index (χ3n) is 3.66. The third-order valence-corrected chi connectivity index (χ3v) is 3.66. The third kappa shape index (κ3) is 6.73. The fourth-order valence-electron chi connectivity index (χ4n) is 2.34. The predicted octanol–water partition coefficient (Wildman–Crippen LogP) is 3.68. The molecule has 27 heavy (non-hydrogen) atoms. The van der Waals surface area contributed by atoms with Crippen molar-refractivity contribution in [2.75, 3.05) is 10.6 Å². The Morgan fingerprint density at radius 3 is 2.33 bits per heavy atom. The minimum Gasteiger partial charge on any atom is -0.339 e. The van der Waals surface area contributed by atoms with Crippen LogP contribution < -0.4 is 16.0 Å². The number of para-hydroxylation sites is 2. The molecule has 0 aliphatic rings. The van der Waals surface area contributed by atoms with E-state index in [1.807, 2.05) is 27.7 Å². The molecule has 8 heteroatoms. The van der Waals surface area contributed by atoms with Crippen LogP contribution in [0.5, 0.6) is 0 Å². The van der Waals surface area contributed by atoms with Crippen LogP contribution in [0.4, 0.5) is 16.2 Å². The second-order valence-corrected chi connectivity index (χ2v) is 6.90. The first-order valence-electron chi connectivity index (χ1n) is 9.14. The number of nitrogens with zero attached hydrogens (tertiary/aromatic N) is 2. The van der Waals surface area contributed by atoms with Gasteiger partial charge < -0.3 is 20.5 Å². The first kappa shape index (κ1) is 20.4. The van der Waals surface area contributed by atoms with Crippen molar-refractivity contribution in [1.29, 1.82) is 0 Å². The quantitative estimate of drug-likeness (QED) is 0.654. The summed E-state index contributed by atoms with van der Waals surface area (Å²) < 4.78 is 5.17. The van der Waals surface area contributed by atoms with E-state index in [1.54, 1.807) is 24.3 Å². The van der Waals surface area contributed by atoms with Crippen molar-refractivity contribution in [3.63, 3.8) is 0 Å². The summed E-state index contributed by atoms with van der Waals surface area (Å²) in [6, 6.07) is 6.78. The Balaban J connectivity index is 1.85. The average molecular weight is 373 g/mol. The lowest BCUT2D eigenvalue weighted by molar-refractivity contribution is -0.116. The number of aryl methyl sites for hydroxylation is 1. The number of carbonyl (C=O) groups excluding carboxylic acids is 2. The van der Waals surface area contributed by atoms with Crippen molar-refractivity contribution in [1.82, 2.24) is 15.5 Å². The first-order valence-corrected chi connectivity index (χ1v) is 9.14. The molecular formula is C19H27N5O3. The molecule has 0 bridgehead atoms. The van der Waals surface area contributed by atoms with Crippen LogP contribution in [0.25, 0.3) is 0 Å². The fraction of sp³-hybridized carbons (Fsp3) is 0.474. The van der Waals surface area contributed by atoms with E-state index in [1.165, 1.54) is 0 Å². The molecule has 0 saturated heterocycles. The molecule has 2 aromatic rings. The summed E-state index contributed by atoms with van der Waals surface area (Å²) in [5, 5.41) is 12.2. The summed E-state index contributed by atoms with van der Waals surface area (Å²) in [5.74, 6) is 1.29. The Morgan fingerprint density at radius 2 is 1.74 bits per heavy atom. The molecule has 1 heterocycles. The molecule has 0 atom stereocenters. The van der Waals surface area contributed by atoms with Crippen LogP contribution >= 0.6 is 0 Å². The van der Waals surface area contributed by atoms with E-state index in [2.05, 4.69) is 26.1 Å². The standard InChI is InChI=1S/C19H27N5O3/c1-12(2)18-23-17(27-24-18)11-7-10-16(25)21-14-8-5-6-9-15(14)22-19(26)20-13(3)4/h5-6,8-9,12-13H,7,10-11H2,1-4H3,(H,21,25)(H2,20,22,26). The van der Waals surface area contributed by atoms with Crippen molar-refractivity contribution in [2.45, 2.75) is 58.9 Å². The van der Waals surface area contributed by atoms with Crippen LogP contribution in [0, 0.1) is 0 Å². The number of aromatic nitrogens is 2. The molecule has 0 fully saturated rings. The molecule has 0 aliphatic carbocycles. The maximum atomic E-state index is 12.2. The van der Waals surface area contributed by atoms with Crippen LogP contribution in [0.3, 0.4) is 0 Å². The fourth-order valence-corrected chi connectivity index (χ4v) is 2.34. The van der Waals surface area contributed by atoms with E-state index in [9.17, 15) is 9.59 Å². The topological polar surface area (TPSA) is 109 Å². The minimum absolute atomic E-state index is 0.0210. The number of nitrogens with one attached hydrogen (secondary N) is 3. The van der Waals surface area contributed by atoms with Crippen molar-refractivity contribution in [2.24, 2.45) is 0 Å². The van der Waals surface area contributed by atoms with Crippen LogP contribution in [-0.4, -0.2) is 28.1 Å². The molecule has 0 radical (unpaired) electrons. The molecule has 0 spiro atoms. The molecule has 2 rings (SSSR count). The number of rotatable bonds is 8. The Morgan fingerprint density at radius 1 is 1.07 bits per heavy atom. The molecular weight excluding hydrogens is 346 g/mol. The summed E-state index contributed by atoms with van der Waals surface area (Å²) in [6.07, 6.45) is 1.45. The van der Waals surface area contributed by atoms with E-state index < -0.39 is 0 Å². The Bertz CT molecular complexity index is 770. The lowest BCUT2D eigenvalue weighted by Gasteiger charge is -2.14. The van der Waals surface area contributed by atoms with E-state index in [-0.39, 0.29) is 23.9 Å². The molecule has 3 amide bonds. The summed E-state index contributed by atoms with van der Waals surface area (Å²) >= 11 is 0. The van der Waals surface area contributed by atoms with E-state index >= 15 is 0 Å². The summed E-state index contributed by atoms with van der Waals surface area (Å²) in [4.78, 5) is 28.4. The van der Waals surface area contributed by atoms with Crippen LogP contribution in [0.1, 0.15) is 58.2 Å². The molecule has 0 aliphatic heterocycles. The minimum atomic E-state index is -0.316. The van der Waals surface area contributed by atoms with Gasteiger partial charge in [0.1, 0.15) is 0 Å². The van der Waals surface area contributed by atoms with Gasteiger partial charge in [0.15, 0.2) is 5.82 Å². The Kier molecular flexibility index (Phi) is 7.34. The number of benzene rings is 1. The largest absolute Gasteiger partial charge is 0.339 e. The number of urea groups is 1. The second kappa shape index (κ2) is 9.70. The highest BCUT2D eigenvalue weighted by Crippen LogP contribution is 2.21. The highest BCUT2D eigenvalue weighted by molar-refractivity contribution is 5.99. The molecule has 8 nitrogen and oxygen atoms in total. The van der Waals surface area contributed by atoms with Crippen LogP contribution in [-0.2, 0) is 11.2 Å². The normalized spacial score (nSPS) is 10.9. The molecule has 1 aromatic carbocycles. The van der Waals surface area contributed by atoms with Crippen molar-refractivity contribution in [3.05, 3.63) is 36.0 Å². The molecule has 1 aromatic heterocycles. The highest BCUT2D eigenvalue weighted by atomic mass is 16.5. The van der Waals surface area contributed by atoms with Crippen molar-refractivity contribution >= 4 is 23.3 Å². The van der Waals surface area contributed by atoms with Gasteiger partial charge in [-0.25, -0.2) is 4.79 Å². The summed E-state index contributed by atoms with van der Waals surface area (Å²) in [6.45, 7) is 7.74. The Hall–Kier alpha value is -2.90. The van der Waals surface area contributed by atoms with E-state index in [0.29, 0.717) is 42.4 Å².